The van der Waals surface area contributed by atoms with Crippen LogP contribution in [0.3, 0.4) is 0 Å². The molecule has 3 aromatic rings. The molecular formula is C27H30O14. The minimum atomic E-state index is -1.76. The topological polar surface area (TPSA) is 229 Å². The number of benzene rings is 2. The second-order valence-corrected chi connectivity index (χ2v) is 9.94. The highest BCUT2D eigenvalue weighted by Gasteiger charge is 2.50. The standard InChI is InChI=1S/C27H30O14/c1-10-20(32)22(34)24(36)26(37-10)41-25-23(35)21(33)18(9-28)40-27(25)38-13-6-14(30)19-15(31)8-16(39-17(19)7-13)11-2-4-12(29)5-3-11/h2-8,10,18,20-30,32-36H,9H2,1H3/t10-,18+,20-,21+,22+,23-,24+,25+,26-,27?/m0/s1. The molecule has 14 heteroatoms. The van der Waals surface area contributed by atoms with Crippen LogP contribution in [0.15, 0.2) is 51.7 Å². The maximum atomic E-state index is 12.8. The summed E-state index contributed by atoms with van der Waals surface area (Å²) in [5.41, 5.74) is -0.182. The molecule has 2 saturated heterocycles. The Balaban J connectivity index is 1.47. The van der Waals surface area contributed by atoms with Crippen molar-refractivity contribution in [3.05, 3.63) is 52.7 Å². The van der Waals surface area contributed by atoms with Crippen LogP contribution in [0.25, 0.3) is 22.3 Å². The third kappa shape index (κ3) is 5.61. The molecule has 0 amide bonds. The number of aromatic hydroxyl groups is 2. The molecule has 1 unspecified atom stereocenters. The Hall–Kier alpha value is -3.31. The Kier molecular flexibility index (Phi) is 8.20. The molecule has 3 heterocycles. The van der Waals surface area contributed by atoms with Gasteiger partial charge in [-0.3, -0.25) is 4.79 Å². The van der Waals surface area contributed by atoms with Crippen molar-refractivity contribution in [1.82, 2.24) is 0 Å². The minimum absolute atomic E-state index is 0.00857. The third-order valence-electron chi connectivity index (χ3n) is 7.11. The largest absolute Gasteiger partial charge is 0.508 e. The number of phenolic OH excluding ortho intramolecular Hbond substituents is 2. The quantitative estimate of drug-likeness (QED) is 0.174. The van der Waals surface area contributed by atoms with Crippen molar-refractivity contribution in [2.24, 2.45) is 0 Å². The molecule has 0 spiro atoms. The van der Waals surface area contributed by atoms with Gasteiger partial charge in [-0.1, -0.05) is 0 Å². The molecule has 41 heavy (non-hydrogen) atoms. The molecule has 14 nitrogen and oxygen atoms in total. The van der Waals surface area contributed by atoms with Gasteiger partial charge < -0.3 is 64.2 Å². The fraction of sp³-hybridized carbons (Fsp3) is 0.444. The minimum Gasteiger partial charge on any atom is -0.508 e. The first-order valence-electron chi connectivity index (χ1n) is 12.7. The average molecular weight is 579 g/mol. The van der Waals surface area contributed by atoms with E-state index in [1.807, 2.05) is 0 Å². The lowest BCUT2D eigenvalue weighted by atomic mass is 9.97. The van der Waals surface area contributed by atoms with Gasteiger partial charge in [0.25, 0.3) is 0 Å². The van der Waals surface area contributed by atoms with Crippen molar-refractivity contribution < 1.29 is 64.2 Å². The van der Waals surface area contributed by atoms with Gasteiger partial charge >= 0.3 is 0 Å². The maximum Gasteiger partial charge on any atom is 0.229 e. The van der Waals surface area contributed by atoms with Crippen molar-refractivity contribution in [3.8, 4) is 28.6 Å². The molecule has 2 fully saturated rings. The lowest BCUT2D eigenvalue weighted by Crippen LogP contribution is -2.64. The Morgan fingerprint density at radius 3 is 2.22 bits per heavy atom. The Morgan fingerprint density at radius 1 is 0.829 bits per heavy atom. The molecule has 2 aromatic carbocycles. The zero-order valence-electron chi connectivity index (χ0n) is 21.5. The first-order valence-corrected chi connectivity index (χ1v) is 12.7. The fourth-order valence-corrected chi connectivity index (χ4v) is 4.79. The van der Waals surface area contributed by atoms with Crippen LogP contribution in [0, 0.1) is 0 Å². The SMILES string of the molecule is C[C@@H]1O[C@@H](O[C@H]2C(Oc3cc(O)c4c(=O)cc(-c5ccc(O)cc5)oc4c3)O[C@H](CO)[C@@H](O)[C@@H]2O)[C@H](O)[C@H](O)[C@H]1O. The third-order valence-corrected chi connectivity index (χ3v) is 7.11. The number of hydrogen-bond donors (Lipinski definition) is 8. The van der Waals surface area contributed by atoms with Crippen LogP contribution in [-0.2, 0) is 14.2 Å². The van der Waals surface area contributed by atoms with Gasteiger partial charge in [0, 0.05) is 23.8 Å². The molecule has 8 N–H and O–H groups in total. The number of ether oxygens (including phenoxy) is 4. The van der Waals surface area contributed by atoms with Crippen molar-refractivity contribution in [1.29, 1.82) is 0 Å². The molecule has 10 atom stereocenters. The van der Waals surface area contributed by atoms with E-state index in [-0.39, 0.29) is 28.2 Å². The van der Waals surface area contributed by atoms with E-state index in [1.165, 1.54) is 43.3 Å². The number of phenols is 2. The van der Waals surface area contributed by atoms with Crippen molar-refractivity contribution in [2.75, 3.05) is 6.61 Å². The van der Waals surface area contributed by atoms with Gasteiger partial charge in [-0.05, 0) is 31.2 Å². The summed E-state index contributed by atoms with van der Waals surface area (Å²) < 4.78 is 28.4. The molecule has 2 aliphatic heterocycles. The smallest absolute Gasteiger partial charge is 0.229 e. The molecule has 5 rings (SSSR count). The molecule has 2 aliphatic rings. The van der Waals surface area contributed by atoms with E-state index in [9.17, 15) is 45.6 Å². The molecular weight excluding hydrogens is 548 g/mol. The number of hydrogen-bond acceptors (Lipinski definition) is 14. The van der Waals surface area contributed by atoms with Gasteiger partial charge in [0.15, 0.2) is 17.8 Å². The molecule has 0 radical (unpaired) electrons. The number of rotatable bonds is 6. The predicted molar refractivity (Wildman–Crippen MR) is 137 cm³/mol. The monoisotopic (exact) mass is 578 g/mol. The number of aliphatic hydroxyl groups excluding tert-OH is 6. The van der Waals surface area contributed by atoms with Crippen LogP contribution >= 0.6 is 0 Å². The van der Waals surface area contributed by atoms with Gasteiger partial charge in [0.1, 0.15) is 70.6 Å². The molecule has 0 bridgehead atoms. The van der Waals surface area contributed by atoms with Crippen LogP contribution in [0.2, 0.25) is 0 Å². The van der Waals surface area contributed by atoms with E-state index < -0.39 is 79.2 Å². The summed E-state index contributed by atoms with van der Waals surface area (Å²) >= 11 is 0. The Morgan fingerprint density at radius 2 is 1.54 bits per heavy atom. The van der Waals surface area contributed by atoms with Gasteiger partial charge in [-0.15, -0.1) is 0 Å². The second kappa shape index (κ2) is 11.5. The van der Waals surface area contributed by atoms with Gasteiger partial charge in [0.05, 0.1) is 12.7 Å². The fourth-order valence-electron chi connectivity index (χ4n) is 4.79. The zero-order chi connectivity index (χ0) is 29.6. The van der Waals surface area contributed by atoms with E-state index in [4.69, 9.17) is 23.4 Å². The van der Waals surface area contributed by atoms with Crippen LogP contribution in [0.5, 0.6) is 17.2 Å². The summed E-state index contributed by atoms with van der Waals surface area (Å²) in [4.78, 5) is 12.8. The summed E-state index contributed by atoms with van der Waals surface area (Å²) in [6.07, 6.45) is -15.3. The highest BCUT2D eigenvalue weighted by molar-refractivity contribution is 5.86. The first-order chi connectivity index (χ1) is 19.5. The summed E-state index contributed by atoms with van der Waals surface area (Å²) in [6.45, 7) is 0.704. The van der Waals surface area contributed by atoms with Gasteiger partial charge in [-0.2, -0.15) is 0 Å². The van der Waals surface area contributed by atoms with E-state index >= 15 is 0 Å². The van der Waals surface area contributed by atoms with E-state index in [0.29, 0.717) is 5.56 Å². The summed E-state index contributed by atoms with van der Waals surface area (Å²) in [6, 6.07) is 9.38. The zero-order valence-corrected chi connectivity index (χ0v) is 21.5. The molecule has 1 aromatic heterocycles. The van der Waals surface area contributed by atoms with E-state index in [2.05, 4.69) is 0 Å². The number of aliphatic hydroxyl groups is 6. The molecule has 222 valence electrons. The maximum absolute atomic E-state index is 12.8. The normalized spacial score (nSPS) is 34.0. The Labute approximate surface area is 231 Å². The highest BCUT2D eigenvalue weighted by atomic mass is 16.8. The van der Waals surface area contributed by atoms with E-state index in [1.54, 1.807) is 0 Å². The van der Waals surface area contributed by atoms with Gasteiger partial charge in [-0.25, -0.2) is 0 Å². The molecule has 0 saturated carbocycles. The van der Waals surface area contributed by atoms with Crippen molar-refractivity contribution in [3.63, 3.8) is 0 Å². The summed E-state index contributed by atoms with van der Waals surface area (Å²) in [5.74, 6) is -0.498. The first kappa shape index (κ1) is 29.2. The highest BCUT2D eigenvalue weighted by Crippen LogP contribution is 2.35. The van der Waals surface area contributed by atoms with Crippen LogP contribution in [-0.4, -0.2) is 109 Å². The van der Waals surface area contributed by atoms with Gasteiger partial charge in [0.2, 0.25) is 6.29 Å². The lowest BCUT2D eigenvalue weighted by Gasteiger charge is -2.45. The second-order valence-electron chi connectivity index (χ2n) is 9.94. The lowest BCUT2D eigenvalue weighted by molar-refractivity contribution is -0.354. The van der Waals surface area contributed by atoms with Crippen molar-refractivity contribution >= 4 is 11.0 Å². The summed E-state index contributed by atoms with van der Waals surface area (Å²) in [5, 5.41) is 81.4. The average Bonchev–Trinajstić information content (AvgIpc) is 2.94. The van der Waals surface area contributed by atoms with Crippen molar-refractivity contribution in [2.45, 2.75) is 68.3 Å². The predicted octanol–water partition coefficient (Wildman–Crippen LogP) is -1.10. The Bertz CT molecular complexity index is 1420. The van der Waals surface area contributed by atoms with E-state index in [0.717, 1.165) is 6.07 Å². The van der Waals surface area contributed by atoms with Crippen LogP contribution in [0.1, 0.15) is 6.92 Å². The van der Waals surface area contributed by atoms with Crippen LogP contribution < -0.4 is 10.2 Å². The number of fused-ring (bicyclic) bond motifs is 1. The molecule has 0 aliphatic carbocycles. The summed E-state index contributed by atoms with van der Waals surface area (Å²) in [7, 11) is 0. The van der Waals surface area contributed by atoms with Crippen LogP contribution in [0.4, 0.5) is 0 Å².